The summed E-state index contributed by atoms with van der Waals surface area (Å²) in [5, 5.41) is 19.6. The number of carbonyl (C=O) groups excluding carboxylic acids is 1. The molecular weight excluding hydrogens is 366 g/mol. The Hall–Kier alpha value is -2.94. The predicted molar refractivity (Wildman–Crippen MR) is 99.9 cm³/mol. The number of carboxylic acids is 1. The maximum Gasteiger partial charge on any atom is 0.338 e. The van der Waals surface area contributed by atoms with Crippen LogP contribution in [0, 0.1) is 0 Å². The van der Waals surface area contributed by atoms with Gasteiger partial charge in [0.2, 0.25) is 0 Å². The largest absolute Gasteiger partial charge is 0.478 e. The number of thiophene rings is 1. The van der Waals surface area contributed by atoms with Crippen molar-refractivity contribution in [2.24, 2.45) is 7.05 Å². The van der Waals surface area contributed by atoms with Gasteiger partial charge < -0.3 is 10.0 Å². The van der Waals surface area contributed by atoms with Crippen molar-refractivity contribution in [1.29, 1.82) is 0 Å². The Labute approximate surface area is 159 Å². The number of hydrogen-bond acceptors (Lipinski definition) is 5. The number of rotatable bonds is 4. The molecule has 9 heteroatoms. The zero-order valence-corrected chi connectivity index (χ0v) is 15.6. The number of hydrogen-bond donors (Lipinski definition) is 1. The second kappa shape index (κ2) is 6.99. The Bertz CT molecular complexity index is 967. The van der Waals surface area contributed by atoms with Gasteiger partial charge in [-0.15, -0.1) is 11.3 Å². The van der Waals surface area contributed by atoms with Gasteiger partial charge in [-0.2, -0.15) is 10.2 Å². The second-order valence-electron chi connectivity index (χ2n) is 6.58. The molecule has 8 nitrogen and oxygen atoms in total. The summed E-state index contributed by atoms with van der Waals surface area (Å²) in [6.07, 6.45) is 6.17. The van der Waals surface area contributed by atoms with Crippen LogP contribution >= 0.6 is 11.3 Å². The first-order chi connectivity index (χ1) is 13.0. The highest BCUT2D eigenvalue weighted by molar-refractivity contribution is 7.13. The number of carboxylic acid groups (broad SMARTS) is 1. The monoisotopic (exact) mass is 385 g/mol. The first kappa shape index (κ1) is 17.5. The lowest BCUT2D eigenvalue weighted by Crippen LogP contribution is -2.39. The number of aromatic nitrogens is 4. The van der Waals surface area contributed by atoms with E-state index in [1.807, 2.05) is 29.5 Å². The van der Waals surface area contributed by atoms with Gasteiger partial charge in [-0.05, 0) is 24.3 Å². The lowest BCUT2D eigenvalue weighted by Gasteiger charge is -2.32. The molecule has 0 radical (unpaired) electrons. The summed E-state index contributed by atoms with van der Waals surface area (Å²) in [4.78, 5) is 26.9. The smallest absolute Gasteiger partial charge is 0.338 e. The minimum absolute atomic E-state index is 0.0170. The van der Waals surface area contributed by atoms with Crippen LogP contribution in [-0.4, -0.2) is 54.5 Å². The molecule has 3 aromatic rings. The van der Waals surface area contributed by atoms with Crippen LogP contribution in [0.25, 0.3) is 10.6 Å². The number of likely N-dealkylation sites (tertiary alicyclic amines) is 1. The highest BCUT2D eigenvalue weighted by atomic mass is 32.1. The summed E-state index contributed by atoms with van der Waals surface area (Å²) in [7, 11) is 1.82. The van der Waals surface area contributed by atoms with E-state index in [2.05, 4.69) is 10.2 Å². The van der Waals surface area contributed by atoms with Gasteiger partial charge in [0, 0.05) is 32.5 Å². The minimum atomic E-state index is -0.980. The number of amides is 1. The molecule has 0 spiro atoms. The lowest BCUT2D eigenvalue weighted by molar-refractivity contribution is 0.0688. The van der Waals surface area contributed by atoms with E-state index >= 15 is 0 Å². The molecule has 1 aliphatic rings. The molecule has 3 aromatic heterocycles. The van der Waals surface area contributed by atoms with Crippen molar-refractivity contribution in [1.82, 2.24) is 24.5 Å². The number of carbonyl (C=O) groups is 2. The first-order valence-corrected chi connectivity index (χ1v) is 9.55. The minimum Gasteiger partial charge on any atom is -0.478 e. The van der Waals surface area contributed by atoms with E-state index in [9.17, 15) is 9.59 Å². The summed E-state index contributed by atoms with van der Waals surface area (Å²) >= 11 is 1.56. The van der Waals surface area contributed by atoms with E-state index in [4.69, 9.17) is 5.11 Å². The van der Waals surface area contributed by atoms with E-state index in [0.717, 1.165) is 23.4 Å². The quantitative estimate of drug-likeness (QED) is 0.745. The van der Waals surface area contributed by atoms with Gasteiger partial charge in [0.25, 0.3) is 5.91 Å². The zero-order valence-electron chi connectivity index (χ0n) is 14.8. The van der Waals surface area contributed by atoms with Gasteiger partial charge >= 0.3 is 5.97 Å². The predicted octanol–water partition coefficient (Wildman–Crippen LogP) is 2.52. The standard InChI is InChI=1S/C18H19N5O3S/c1-21-11-14(16(20-21)15-3-2-8-27-15)17(24)22-6-4-13(5-7-22)23-10-12(9-19-23)18(25)26/h2-3,8-11,13H,4-7H2,1H3,(H,25,26). The molecule has 1 N–H and O–H groups in total. The summed E-state index contributed by atoms with van der Waals surface area (Å²) in [6.45, 7) is 1.20. The van der Waals surface area contributed by atoms with E-state index in [0.29, 0.717) is 18.7 Å². The Morgan fingerprint density at radius 2 is 2.04 bits per heavy atom. The van der Waals surface area contributed by atoms with Gasteiger partial charge in [0.1, 0.15) is 5.69 Å². The molecule has 1 fully saturated rings. The Balaban J connectivity index is 1.47. The van der Waals surface area contributed by atoms with Gasteiger partial charge in [0.15, 0.2) is 0 Å². The van der Waals surface area contributed by atoms with Crippen LogP contribution in [0.2, 0.25) is 0 Å². The third-order valence-corrected chi connectivity index (χ3v) is 5.66. The maximum absolute atomic E-state index is 13.0. The summed E-state index contributed by atoms with van der Waals surface area (Å²) in [5.74, 6) is -0.997. The van der Waals surface area contributed by atoms with E-state index in [1.165, 1.54) is 6.20 Å². The van der Waals surface area contributed by atoms with Gasteiger partial charge in [0.05, 0.1) is 28.2 Å². The molecule has 27 heavy (non-hydrogen) atoms. The number of nitrogens with zero attached hydrogens (tertiary/aromatic N) is 5. The topological polar surface area (TPSA) is 93.2 Å². The molecule has 0 unspecified atom stereocenters. The molecule has 1 aliphatic heterocycles. The third kappa shape index (κ3) is 3.37. The van der Waals surface area contributed by atoms with Gasteiger partial charge in [-0.25, -0.2) is 4.79 Å². The van der Waals surface area contributed by atoms with Crippen LogP contribution in [0.1, 0.15) is 39.6 Å². The molecule has 1 saturated heterocycles. The maximum atomic E-state index is 13.0. The fourth-order valence-corrected chi connectivity index (χ4v) is 4.12. The van der Waals surface area contributed by atoms with Crippen LogP contribution in [-0.2, 0) is 7.05 Å². The van der Waals surface area contributed by atoms with Gasteiger partial charge in [-0.1, -0.05) is 6.07 Å². The molecule has 0 aromatic carbocycles. The molecule has 1 amide bonds. The normalized spacial score (nSPS) is 15.2. The number of aryl methyl sites for hydroxylation is 1. The lowest BCUT2D eigenvalue weighted by atomic mass is 10.0. The summed E-state index contributed by atoms with van der Waals surface area (Å²) < 4.78 is 3.37. The Morgan fingerprint density at radius 3 is 2.67 bits per heavy atom. The van der Waals surface area contributed by atoms with Crippen molar-refractivity contribution in [3.8, 4) is 10.6 Å². The zero-order chi connectivity index (χ0) is 19.0. The van der Waals surface area contributed by atoms with E-state index in [-0.39, 0.29) is 17.5 Å². The van der Waals surface area contributed by atoms with Crippen molar-refractivity contribution in [2.45, 2.75) is 18.9 Å². The van der Waals surface area contributed by atoms with Gasteiger partial charge in [-0.3, -0.25) is 14.2 Å². The molecule has 140 valence electrons. The van der Waals surface area contributed by atoms with Crippen LogP contribution in [0.5, 0.6) is 0 Å². The fourth-order valence-electron chi connectivity index (χ4n) is 3.39. The highest BCUT2D eigenvalue weighted by Gasteiger charge is 2.28. The van der Waals surface area contributed by atoms with Crippen LogP contribution in [0.3, 0.4) is 0 Å². The van der Waals surface area contributed by atoms with Crippen molar-refractivity contribution >= 4 is 23.2 Å². The number of aromatic carboxylic acids is 1. The first-order valence-electron chi connectivity index (χ1n) is 8.67. The van der Waals surface area contributed by atoms with Crippen molar-refractivity contribution in [2.75, 3.05) is 13.1 Å². The molecule has 0 bridgehead atoms. The van der Waals surface area contributed by atoms with Crippen molar-refractivity contribution < 1.29 is 14.7 Å². The SMILES string of the molecule is Cn1cc(C(=O)N2CCC(n3cc(C(=O)O)cn3)CC2)c(-c2cccs2)n1. The molecule has 0 saturated carbocycles. The molecule has 0 atom stereocenters. The fraction of sp³-hybridized carbons (Fsp3) is 0.333. The highest BCUT2D eigenvalue weighted by Crippen LogP contribution is 2.29. The van der Waals surface area contributed by atoms with E-state index < -0.39 is 5.97 Å². The molecule has 0 aliphatic carbocycles. The molecule has 4 heterocycles. The third-order valence-electron chi connectivity index (χ3n) is 4.79. The molecular formula is C18H19N5O3S. The van der Waals surface area contributed by atoms with Crippen LogP contribution in [0.4, 0.5) is 0 Å². The Morgan fingerprint density at radius 1 is 1.26 bits per heavy atom. The van der Waals surface area contributed by atoms with Crippen LogP contribution < -0.4 is 0 Å². The van der Waals surface area contributed by atoms with Crippen molar-refractivity contribution in [3.05, 3.63) is 47.2 Å². The summed E-state index contributed by atoms with van der Waals surface area (Å²) in [5.41, 5.74) is 1.52. The summed E-state index contributed by atoms with van der Waals surface area (Å²) in [6, 6.07) is 4.02. The van der Waals surface area contributed by atoms with Crippen LogP contribution in [0.15, 0.2) is 36.1 Å². The molecule has 4 rings (SSSR count). The Kier molecular flexibility index (Phi) is 4.53. The van der Waals surface area contributed by atoms with Crippen molar-refractivity contribution in [3.63, 3.8) is 0 Å². The second-order valence-corrected chi connectivity index (χ2v) is 7.53. The number of piperidine rings is 1. The van der Waals surface area contributed by atoms with E-state index in [1.54, 1.807) is 33.1 Å². The average Bonchev–Trinajstić information content (AvgIpc) is 3.41. The average molecular weight is 385 g/mol.